The van der Waals surface area contributed by atoms with Gasteiger partial charge in [0.2, 0.25) is 0 Å². The Morgan fingerprint density at radius 2 is 1.30 bits per heavy atom. The first-order valence-electron chi connectivity index (χ1n) is 24.9. The summed E-state index contributed by atoms with van der Waals surface area (Å²) in [5, 5.41) is 12.3. The van der Waals surface area contributed by atoms with Crippen LogP contribution in [0.2, 0.25) is 0 Å². The minimum atomic E-state index is -0.567. The van der Waals surface area contributed by atoms with Crippen LogP contribution in [-0.4, -0.2) is 19.6 Å². The van der Waals surface area contributed by atoms with E-state index in [2.05, 4.69) is 158 Å². The van der Waals surface area contributed by atoms with E-state index in [4.69, 9.17) is 15.5 Å². The van der Waals surface area contributed by atoms with Crippen LogP contribution in [0.25, 0.3) is 72.7 Å². The molecule has 8 rings (SSSR count). The fourth-order valence-corrected chi connectivity index (χ4v) is 8.55. The number of hydrogen-bond donors (Lipinski definition) is 1. The van der Waals surface area contributed by atoms with E-state index in [9.17, 15) is 5.11 Å². The van der Waals surface area contributed by atoms with E-state index in [1.165, 1.54) is 5.56 Å². The van der Waals surface area contributed by atoms with Crippen LogP contribution in [-0.2, 0) is 17.3 Å². The third-order valence-corrected chi connectivity index (χ3v) is 12.2. The van der Waals surface area contributed by atoms with Gasteiger partial charge in [-0.15, -0.1) is 0 Å². The number of imidazole rings is 1. The van der Waals surface area contributed by atoms with Crippen LogP contribution < -0.4 is 0 Å². The van der Waals surface area contributed by atoms with Gasteiger partial charge in [-0.05, 0) is 134 Å². The summed E-state index contributed by atoms with van der Waals surface area (Å²) in [5.74, 6) is 1.66. The summed E-state index contributed by atoms with van der Waals surface area (Å²) in [5.41, 5.74) is 13.6. The van der Waals surface area contributed by atoms with Crippen LogP contribution in [0.3, 0.4) is 0 Å². The molecule has 0 spiro atoms. The molecule has 0 bridgehead atoms. The fourth-order valence-electron chi connectivity index (χ4n) is 8.55. The summed E-state index contributed by atoms with van der Waals surface area (Å²) in [6.07, 6.45) is 2.63. The van der Waals surface area contributed by atoms with Crippen molar-refractivity contribution >= 4 is 11.0 Å². The topological polar surface area (TPSA) is 50.9 Å². The molecule has 0 saturated heterocycles. The van der Waals surface area contributed by atoms with Gasteiger partial charge >= 0.3 is 0 Å². The van der Waals surface area contributed by atoms with E-state index >= 15 is 0 Å². The molecule has 0 aliphatic carbocycles. The van der Waals surface area contributed by atoms with Crippen molar-refractivity contribution in [2.24, 2.45) is 5.92 Å². The van der Waals surface area contributed by atoms with E-state index in [1.807, 2.05) is 32.9 Å². The van der Waals surface area contributed by atoms with Crippen LogP contribution >= 0.6 is 0 Å². The first-order chi connectivity index (χ1) is 32.0. The number of para-hydroxylation sites is 1. The van der Waals surface area contributed by atoms with Crippen LogP contribution in [0.15, 0.2) is 140 Å². The standard InChI is InChI=1S/C60H65N3O/c1-37(2)29-40-21-26-54(51(30-40)42-17-14-13-15-18-42)63-55-20-16-19-49(56(55)62-58(63)52-35-44(38(3)4)34-50(39(5)6)57(52)64)45-31-46(33-48(32-45)60(10,11)12)53-36-43(27-28-61-53)41-22-24-47(25-23-41)59(7,8)9/h13-28,30-39,64H,29H2,1-12H3/i22D,23D,24D,25D. The number of nitrogens with zero attached hydrogens (tertiary/aromatic N) is 3. The van der Waals surface area contributed by atoms with Gasteiger partial charge < -0.3 is 5.11 Å². The minimum Gasteiger partial charge on any atom is -0.507 e. The van der Waals surface area contributed by atoms with Crippen LogP contribution in [0.1, 0.15) is 128 Å². The monoisotopic (exact) mass is 848 g/mol. The third-order valence-electron chi connectivity index (χ3n) is 12.2. The lowest BCUT2D eigenvalue weighted by Gasteiger charge is -2.22. The molecule has 8 aromatic rings. The van der Waals surface area contributed by atoms with E-state index in [-0.39, 0.29) is 52.7 Å². The maximum atomic E-state index is 12.3. The number of pyridine rings is 1. The summed E-state index contributed by atoms with van der Waals surface area (Å²) >= 11 is 0. The molecule has 0 unspecified atom stereocenters. The summed E-state index contributed by atoms with van der Waals surface area (Å²) in [6, 6.07) is 37.9. The molecule has 0 saturated carbocycles. The molecule has 4 heteroatoms. The number of aromatic nitrogens is 3. The first-order valence-corrected chi connectivity index (χ1v) is 22.9. The van der Waals surface area contributed by atoms with Crippen LogP contribution in [0, 0.1) is 5.92 Å². The van der Waals surface area contributed by atoms with Gasteiger partial charge in [0.15, 0.2) is 0 Å². The lowest BCUT2D eigenvalue weighted by molar-refractivity contribution is 0.466. The predicted molar refractivity (Wildman–Crippen MR) is 272 cm³/mol. The molecule has 326 valence electrons. The van der Waals surface area contributed by atoms with Gasteiger partial charge in [0.1, 0.15) is 11.6 Å². The molecule has 4 nitrogen and oxygen atoms in total. The molecular formula is C60H65N3O. The number of benzene rings is 6. The van der Waals surface area contributed by atoms with Crippen molar-refractivity contribution in [2.45, 2.75) is 112 Å². The van der Waals surface area contributed by atoms with Crippen molar-refractivity contribution in [3.63, 3.8) is 0 Å². The second kappa shape index (κ2) is 17.4. The summed E-state index contributed by atoms with van der Waals surface area (Å²) in [7, 11) is 0. The van der Waals surface area contributed by atoms with Crippen molar-refractivity contribution in [2.75, 3.05) is 0 Å². The Morgan fingerprint density at radius 1 is 0.594 bits per heavy atom. The molecule has 0 radical (unpaired) electrons. The molecule has 0 amide bonds. The van der Waals surface area contributed by atoms with Crippen molar-refractivity contribution in [1.29, 1.82) is 0 Å². The highest BCUT2D eigenvalue weighted by Gasteiger charge is 2.26. The maximum Gasteiger partial charge on any atom is 0.149 e. The Labute approximate surface area is 387 Å². The summed E-state index contributed by atoms with van der Waals surface area (Å²) < 4.78 is 38.3. The molecule has 1 N–H and O–H groups in total. The predicted octanol–water partition coefficient (Wildman–Crippen LogP) is 16.5. The van der Waals surface area contributed by atoms with E-state index in [0.717, 1.165) is 67.6 Å². The molecule has 0 aliphatic heterocycles. The Morgan fingerprint density at radius 3 is 1.95 bits per heavy atom. The largest absolute Gasteiger partial charge is 0.507 e. The number of phenols is 1. The van der Waals surface area contributed by atoms with Gasteiger partial charge in [0, 0.05) is 22.9 Å². The SMILES string of the molecule is [2H]c1c([2H])c(C(C)(C)C)c([2H])c([2H])c1-c1ccnc(-c2cc(-c3cccc4c3nc(-c3cc(C(C)C)cc(C(C)C)c3O)n4-c3ccc(CC(C)C)cc3-c3ccccc3)cc(C(C)(C)C)c2)c1. The van der Waals surface area contributed by atoms with Crippen molar-refractivity contribution in [3.8, 4) is 67.5 Å². The Kier molecular flexibility index (Phi) is 10.7. The number of aromatic hydroxyl groups is 1. The average molecular weight is 848 g/mol. The van der Waals surface area contributed by atoms with Gasteiger partial charge in [-0.25, -0.2) is 4.98 Å². The lowest BCUT2D eigenvalue weighted by Crippen LogP contribution is -2.11. The molecule has 64 heavy (non-hydrogen) atoms. The highest BCUT2D eigenvalue weighted by Crippen LogP contribution is 2.44. The summed E-state index contributed by atoms with van der Waals surface area (Å²) in [4.78, 5) is 10.5. The number of phenolic OH excluding ortho intramolecular Hbond substituents is 1. The lowest BCUT2D eigenvalue weighted by atomic mass is 9.83. The van der Waals surface area contributed by atoms with Crippen molar-refractivity contribution in [3.05, 3.63) is 167 Å². The zero-order valence-electron chi connectivity index (χ0n) is 43.7. The maximum absolute atomic E-state index is 12.3. The molecule has 0 fully saturated rings. The Balaban J connectivity index is 1.41. The molecule has 0 aliphatic rings. The Hall–Kier alpha value is -6.26. The zero-order chi connectivity index (χ0) is 49.1. The highest BCUT2D eigenvalue weighted by atomic mass is 16.3. The number of rotatable bonds is 10. The summed E-state index contributed by atoms with van der Waals surface area (Å²) in [6.45, 7) is 25.4. The van der Waals surface area contributed by atoms with E-state index in [0.29, 0.717) is 34.1 Å². The van der Waals surface area contributed by atoms with Gasteiger partial charge in [-0.1, -0.05) is 168 Å². The molecular weight excluding hydrogens is 779 g/mol. The average Bonchev–Trinajstić information content (AvgIpc) is 3.67. The zero-order valence-corrected chi connectivity index (χ0v) is 39.7. The quantitative estimate of drug-likeness (QED) is 0.149. The van der Waals surface area contributed by atoms with E-state index in [1.54, 1.807) is 12.3 Å². The number of fused-ring (bicyclic) bond motifs is 1. The van der Waals surface area contributed by atoms with Crippen molar-refractivity contribution in [1.82, 2.24) is 14.5 Å². The number of hydrogen-bond acceptors (Lipinski definition) is 3. The Bertz CT molecular complexity index is 3180. The fraction of sp³-hybridized carbons (Fsp3) is 0.300. The second-order valence-electron chi connectivity index (χ2n) is 20.6. The third kappa shape index (κ3) is 8.93. The van der Waals surface area contributed by atoms with Crippen LogP contribution in [0.5, 0.6) is 5.75 Å². The van der Waals surface area contributed by atoms with Gasteiger partial charge in [-0.2, -0.15) is 0 Å². The van der Waals surface area contributed by atoms with Gasteiger partial charge in [0.25, 0.3) is 0 Å². The molecule has 6 aromatic carbocycles. The second-order valence-corrected chi connectivity index (χ2v) is 20.6. The molecule has 2 heterocycles. The molecule has 0 atom stereocenters. The molecule has 2 aromatic heterocycles. The highest BCUT2D eigenvalue weighted by molar-refractivity contribution is 5.98. The van der Waals surface area contributed by atoms with Gasteiger partial charge in [0.05, 0.1) is 33.5 Å². The van der Waals surface area contributed by atoms with E-state index < -0.39 is 5.41 Å². The normalized spacial score (nSPS) is 13.2. The minimum absolute atomic E-state index is 0.0251. The van der Waals surface area contributed by atoms with Crippen molar-refractivity contribution < 1.29 is 10.6 Å². The van der Waals surface area contributed by atoms with Gasteiger partial charge in [-0.3, -0.25) is 9.55 Å². The first kappa shape index (κ1) is 39.3. The van der Waals surface area contributed by atoms with Crippen LogP contribution in [0.4, 0.5) is 0 Å². The smallest absolute Gasteiger partial charge is 0.149 e.